The SMILES string of the molecule is CCC1(C)C=CC2=C(C=C1)C(=O)N(C1CCC(=O)NC1=O)C2.CF. The molecule has 3 rings (SSSR count). The highest BCUT2D eigenvalue weighted by atomic mass is 19.1. The number of carbonyl (C=O) groups excluding carboxylic acids is 3. The molecule has 0 aromatic heterocycles. The van der Waals surface area contributed by atoms with Gasteiger partial charge in [-0.25, -0.2) is 0 Å². The van der Waals surface area contributed by atoms with E-state index in [0.717, 1.165) is 12.0 Å². The topological polar surface area (TPSA) is 66.5 Å². The molecule has 6 heteroatoms. The smallest absolute Gasteiger partial charge is 0.255 e. The Balaban J connectivity index is 0.00000100. The number of allylic oxidation sites excluding steroid dienone is 2. The van der Waals surface area contributed by atoms with E-state index >= 15 is 0 Å². The number of hydrogen-bond acceptors (Lipinski definition) is 3. The number of piperidine rings is 1. The molecule has 0 spiro atoms. The number of nitrogens with one attached hydrogen (secondary N) is 1. The van der Waals surface area contributed by atoms with Gasteiger partial charge in [-0.3, -0.25) is 24.1 Å². The van der Waals surface area contributed by atoms with Crippen molar-refractivity contribution in [2.45, 2.75) is 39.2 Å². The zero-order valence-electron chi connectivity index (χ0n) is 14.3. The molecule has 1 aliphatic carbocycles. The summed E-state index contributed by atoms with van der Waals surface area (Å²) in [6.45, 7) is 4.67. The van der Waals surface area contributed by atoms with E-state index in [2.05, 4.69) is 31.3 Å². The first-order valence-electron chi connectivity index (χ1n) is 8.07. The van der Waals surface area contributed by atoms with Crippen molar-refractivity contribution in [3.05, 3.63) is 35.5 Å². The highest BCUT2D eigenvalue weighted by Crippen LogP contribution is 2.33. The molecule has 3 amide bonds. The predicted octanol–water partition coefficient (Wildman–Crippen LogP) is 2.06. The van der Waals surface area contributed by atoms with Crippen molar-refractivity contribution >= 4 is 17.7 Å². The highest BCUT2D eigenvalue weighted by Gasteiger charge is 2.39. The molecular weight excluding hydrogens is 311 g/mol. The molecule has 2 aliphatic heterocycles. The van der Waals surface area contributed by atoms with Crippen molar-refractivity contribution < 1.29 is 18.8 Å². The van der Waals surface area contributed by atoms with Crippen LogP contribution in [0, 0.1) is 5.41 Å². The standard InChI is InChI=1S/C17H20N2O3.CH3F/c1-3-17(2)8-6-11-10-19(16(22)12(11)7-9-17)13-4-5-14(20)18-15(13)21;1-2/h6-9,13H,3-5,10H2,1-2H3,(H,18,20,21);1H3. The van der Waals surface area contributed by atoms with Crippen LogP contribution in [0.2, 0.25) is 0 Å². The van der Waals surface area contributed by atoms with Crippen molar-refractivity contribution in [1.29, 1.82) is 0 Å². The Bertz CT molecular complexity index is 651. The van der Waals surface area contributed by atoms with Crippen LogP contribution < -0.4 is 5.32 Å². The van der Waals surface area contributed by atoms with Crippen LogP contribution >= 0.6 is 0 Å². The van der Waals surface area contributed by atoms with E-state index < -0.39 is 6.04 Å². The van der Waals surface area contributed by atoms with Gasteiger partial charge < -0.3 is 4.90 Å². The summed E-state index contributed by atoms with van der Waals surface area (Å²) < 4.78 is 9.50. The first kappa shape index (κ1) is 18.1. The summed E-state index contributed by atoms with van der Waals surface area (Å²) in [7, 11) is 0.500. The molecule has 1 saturated heterocycles. The van der Waals surface area contributed by atoms with Gasteiger partial charge in [-0.2, -0.15) is 0 Å². The molecule has 2 unspecified atom stereocenters. The van der Waals surface area contributed by atoms with Gasteiger partial charge in [0.2, 0.25) is 11.8 Å². The maximum Gasteiger partial charge on any atom is 0.255 e. The quantitative estimate of drug-likeness (QED) is 0.786. The van der Waals surface area contributed by atoms with E-state index in [1.54, 1.807) is 4.90 Å². The molecule has 0 radical (unpaired) electrons. The largest absolute Gasteiger partial charge is 0.322 e. The van der Waals surface area contributed by atoms with E-state index in [9.17, 15) is 18.8 Å². The molecule has 1 fully saturated rings. The number of imide groups is 1. The normalized spacial score (nSPS) is 29.1. The van der Waals surface area contributed by atoms with Gasteiger partial charge in [-0.1, -0.05) is 38.2 Å². The van der Waals surface area contributed by atoms with Crippen LogP contribution in [0.15, 0.2) is 35.5 Å². The Labute approximate surface area is 141 Å². The number of rotatable bonds is 2. The van der Waals surface area contributed by atoms with Crippen molar-refractivity contribution in [2.24, 2.45) is 5.41 Å². The van der Waals surface area contributed by atoms with Gasteiger partial charge >= 0.3 is 0 Å². The first-order valence-corrected chi connectivity index (χ1v) is 8.07. The Hall–Kier alpha value is -2.24. The Morgan fingerprint density at radius 1 is 1.25 bits per heavy atom. The van der Waals surface area contributed by atoms with Crippen molar-refractivity contribution in [1.82, 2.24) is 10.2 Å². The Morgan fingerprint density at radius 2 is 1.92 bits per heavy atom. The minimum atomic E-state index is -0.545. The third-order valence-electron chi connectivity index (χ3n) is 4.82. The fraction of sp³-hybridized carbons (Fsp3) is 0.500. The number of hydrogen-bond donors (Lipinski definition) is 1. The lowest BCUT2D eigenvalue weighted by Crippen LogP contribution is -2.53. The van der Waals surface area contributed by atoms with Crippen LogP contribution in [0.1, 0.15) is 33.1 Å². The molecule has 0 bridgehead atoms. The van der Waals surface area contributed by atoms with E-state index in [-0.39, 0.29) is 29.6 Å². The van der Waals surface area contributed by atoms with Crippen LogP contribution in [-0.2, 0) is 14.4 Å². The summed E-state index contributed by atoms with van der Waals surface area (Å²) in [5.41, 5.74) is 1.57. The van der Waals surface area contributed by atoms with Gasteiger partial charge in [0.05, 0.1) is 7.18 Å². The van der Waals surface area contributed by atoms with Crippen molar-refractivity contribution in [2.75, 3.05) is 13.7 Å². The predicted molar refractivity (Wildman–Crippen MR) is 88.6 cm³/mol. The molecular formula is C18H23FN2O3. The summed E-state index contributed by atoms with van der Waals surface area (Å²) in [4.78, 5) is 37.4. The number of halogens is 1. The molecule has 0 saturated carbocycles. The third kappa shape index (κ3) is 3.32. The lowest BCUT2D eigenvalue weighted by atomic mass is 9.87. The van der Waals surface area contributed by atoms with Crippen molar-refractivity contribution in [3.8, 4) is 0 Å². The molecule has 130 valence electrons. The van der Waals surface area contributed by atoms with Crippen LogP contribution in [0.25, 0.3) is 0 Å². The van der Waals surface area contributed by atoms with Gasteiger partial charge in [0, 0.05) is 24.0 Å². The van der Waals surface area contributed by atoms with E-state index in [1.165, 1.54) is 0 Å². The summed E-state index contributed by atoms with van der Waals surface area (Å²) in [5, 5.41) is 2.32. The van der Waals surface area contributed by atoms with Gasteiger partial charge in [-0.05, 0) is 18.4 Å². The van der Waals surface area contributed by atoms with E-state index in [1.807, 2.05) is 12.2 Å². The fourth-order valence-electron chi connectivity index (χ4n) is 3.04. The minimum Gasteiger partial charge on any atom is -0.322 e. The summed E-state index contributed by atoms with van der Waals surface area (Å²) in [5.74, 6) is -0.750. The molecule has 2 heterocycles. The number of carbonyl (C=O) groups is 3. The van der Waals surface area contributed by atoms with E-state index in [4.69, 9.17) is 0 Å². The van der Waals surface area contributed by atoms with Gasteiger partial charge in [0.15, 0.2) is 0 Å². The summed E-state index contributed by atoms with van der Waals surface area (Å²) in [6.07, 6.45) is 9.70. The molecule has 3 aliphatic rings. The summed E-state index contributed by atoms with van der Waals surface area (Å²) >= 11 is 0. The maximum atomic E-state index is 12.6. The zero-order valence-corrected chi connectivity index (χ0v) is 14.3. The maximum absolute atomic E-state index is 12.6. The number of alkyl halides is 1. The van der Waals surface area contributed by atoms with Crippen LogP contribution in [0.5, 0.6) is 0 Å². The Morgan fingerprint density at radius 3 is 2.54 bits per heavy atom. The lowest BCUT2D eigenvalue weighted by molar-refractivity contribution is -0.142. The average molecular weight is 334 g/mol. The lowest BCUT2D eigenvalue weighted by Gasteiger charge is -2.30. The first-order chi connectivity index (χ1) is 11.4. The molecule has 0 aromatic rings. The molecule has 24 heavy (non-hydrogen) atoms. The van der Waals surface area contributed by atoms with E-state index in [0.29, 0.717) is 25.7 Å². The second kappa shape index (κ2) is 7.11. The molecule has 0 aromatic carbocycles. The second-order valence-electron chi connectivity index (χ2n) is 6.36. The average Bonchev–Trinajstić information content (AvgIpc) is 2.78. The number of nitrogens with zero attached hydrogens (tertiary/aromatic N) is 1. The minimum absolute atomic E-state index is 0.0376. The van der Waals surface area contributed by atoms with Crippen molar-refractivity contribution in [3.63, 3.8) is 0 Å². The monoisotopic (exact) mass is 334 g/mol. The van der Waals surface area contributed by atoms with Crippen LogP contribution in [0.3, 0.4) is 0 Å². The highest BCUT2D eigenvalue weighted by molar-refractivity contribution is 6.06. The number of amides is 3. The second-order valence-corrected chi connectivity index (χ2v) is 6.36. The molecule has 2 atom stereocenters. The van der Waals surface area contributed by atoms with Crippen LogP contribution in [0.4, 0.5) is 4.39 Å². The van der Waals surface area contributed by atoms with Gasteiger partial charge in [-0.15, -0.1) is 0 Å². The Kier molecular flexibility index (Phi) is 5.36. The molecule has 1 N–H and O–H groups in total. The van der Waals surface area contributed by atoms with Gasteiger partial charge in [0.1, 0.15) is 6.04 Å². The summed E-state index contributed by atoms with van der Waals surface area (Å²) in [6, 6.07) is -0.545. The third-order valence-corrected chi connectivity index (χ3v) is 4.82. The fourth-order valence-corrected chi connectivity index (χ4v) is 3.04. The molecule has 5 nitrogen and oxygen atoms in total. The van der Waals surface area contributed by atoms with Gasteiger partial charge in [0.25, 0.3) is 5.91 Å². The zero-order chi connectivity index (χ0) is 17.9. The van der Waals surface area contributed by atoms with Crippen LogP contribution in [-0.4, -0.2) is 42.4 Å².